The molecule has 0 bridgehead atoms. The molecule has 5 nitrogen and oxygen atoms in total. The fraction of sp³-hybridized carbons (Fsp3) is 0.400. The molecule has 1 aliphatic rings. The summed E-state index contributed by atoms with van der Waals surface area (Å²) in [6.45, 7) is 9.34. The molecule has 0 unspecified atom stereocenters. The first kappa shape index (κ1) is 23.1. The predicted molar refractivity (Wildman–Crippen MR) is 131 cm³/mol. The zero-order chi connectivity index (χ0) is 22.5. The number of piperazine rings is 1. The first-order valence-electron chi connectivity index (χ1n) is 11.1. The third-order valence-corrected chi connectivity index (χ3v) is 6.61. The van der Waals surface area contributed by atoms with Crippen molar-refractivity contribution in [2.75, 3.05) is 45.9 Å². The summed E-state index contributed by atoms with van der Waals surface area (Å²) in [6, 6.07) is 13.3. The number of rotatable bonds is 9. The van der Waals surface area contributed by atoms with Crippen molar-refractivity contribution in [1.29, 1.82) is 0 Å². The number of para-hydroxylation sites is 1. The number of nitrogens with zero attached hydrogens (tertiary/aromatic N) is 3. The van der Waals surface area contributed by atoms with Gasteiger partial charge in [-0.15, -0.1) is 0 Å². The van der Waals surface area contributed by atoms with Crippen LogP contribution in [0.25, 0.3) is 10.9 Å². The van der Waals surface area contributed by atoms with Gasteiger partial charge in [0, 0.05) is 61.4 Å². The zero-order valence-corrected chi connectivity index (χ0v) is 19.9. The normalized spacial score (nSPS) is 15.3. The smallest absolute Gasteiger partial charge is 0.161 e. The van der Waals surface area contributed by atoms with Gasteiger partial charge in [0.1, 0.15) is 12.4 Å². The van der Waals surface area contributed by atoms with E-state index in [1.165, 1.54) is 0 Å². The minimum absolute atomic E-state index is 0.0761. The number of Topliss-reactive ketones (excluding diaryl/α,β-unsaturated/α-hetero) is 1. The van der Waals surface area contributed by atoms with Crippen molar-refractivity contribution in [3.63, 3.8) is 0 Å². The third-order valence-electron chi connectivity index (χ3n) is 6.06. The number of benzene rings is 2. The lowest BCUT2D eigenvalue weighted by Gasteiger charge is -2.34. The van der Waals surface area contributed by atoms with E-state index in [1.807, 2.05) is 48.7 Å². The fourth-order valence-electron chi connectivity index (χ4n) is 4.30. The van der Waals surface area contributed by atoms with Crippen LogP contribution < -0.4 is 4.74 Å². The van der Waals surface area contributed by atoms with Crippen molar-refractivity contribution in [2.24, 2.45) is 0 Å². The highest BCUT2D eigenvalue weighted by molar-refractivity contribution is 6.35. The van der Waals surface area contributed by atoms with Crippen LogP contribution in [0.2, 0.25) is 10.0 Å². The van der Waals surface area contributed by atoms with E-state index in [0.717, 1.165) is 79.5 Å². The van der Waals surface area contributed by atoms with E-state index in [-0.39, 0.29) is 5.78 Å². The first-order valence-corrected chi connectivity index (χ1v) is 11.9. The average molecular weight is 474 g/mol. The van der Waals surface area contributed by atoms with Crippen molar-refractivity contribution < 1.29 is 9.53 Å². The highest BCUT2D eigenvalue weighted by Crippen LogP contribution is 2.28. The molecule has 170 valence electrons. The molecule has 2 heterocycles. The van der Waals surface area contributed by atoms with E-state index in [0.29, 0.717) is 11.6 Å². The Morgan fingerprint density at radius 3 is 2.31 bits per heavy atom. The summed E-state index contributed by atoms with van der Waals surface area (Å²) in [5.74, 6) is 0.936. The Balaban J connectivity index is 1.21. The molecule has 3 aromatic rings. The van der Waals surface area contributed by atoms with Gasteiger partial charge in [0.15, 0.2) is 5.78 Å². The van der Waals surface area contributed by atoms with Gasteiger partial charge in [-0.2, -0.15) is 0 Å². The van der Waals surface area contributed by atoms with Gasteiger partial charge in [0.05, 0.1) is 10.5 Å². The number of carbonyl (C=O) groups is 1. The summed E-state index contributed by atoms with van der Waals surface area (Å²) in [5.41, 5.74) is 1.71. The highest BCUT2D eigenvalue weighted by Gasteiger charge is 2.17. The van der Waals surface area contributed by atoms with E-state index in [4.69, 9.17) is 27.9 Å². The van der Waals surface area contributed by atoms with Crippen molar-refractivity contribution in [3.05, 3.63) is 64.3 Å². The first-order chi connectivity index (χ1) is 15.5. The SMILES string of the molecule is CC(=O)c1cn(CCCN2CCN(CCOc3ccc(Cl)cc3)CC2)c2c(Cl)cccc12. The van der Waals surface area contributed by atoms with Gasteiger partial charge in [0.2, 0.25) is 0 Å². The largest absolute Gasteiger partial charge is 0.492 e. The molecule has 4 rings (SSSR count). The molecule has 1 fully saturated rings. The van der Waals surface area contributed by atoms with Gasteiger partial charge in [0.25, 0.3) is 0 Å². The minimum atomic E-state index is 0.0761. The summed E-state index contributed by atoms with van der Waals surface area (Å²) >= 11 is 12.4. The summed E-state index contributed by atoms with van der Waals surface area (Å²) in [7, 11) is 0. The molecular weight excluding hydrogens is 445 g/mol. The number of hydrogen-bond donors (Lipinski definition) is 0. The Bertz CT molecular complexity index is 1060. The highest BCUT2D eigenvalue weighted by atomic mass is 35.5. The second-order valence-electron chi connectivity index (χ2n) is 8.27. The van der Waals surface area contributed by atoms with Gasteiger partial charge < -0.3 is 14.2 Å². The Morgan fingerprint density at radius 1 is 0.938 bits per heavy atom. The lowest BCUT2D eigenvalue weighted by atomic mass is 10.1. The van der Waals surface area contributed by atoms with Gasteiger partial charge in [-0.05, 0) is 50.2 Å². The van der Waals surface area contributed by atoms with Gasteiger partial charge in [-0.1, -0.05) is 35.3 Å². The molecule has 0 spiro atoms. The Labute approximate surface area is 199 Å². The van der Waals surface area contributed by atoms with Crippen LogP contribution in [0.15, 0.2) is 48.7 Å². The summed E-state index contributed by atoms with van der Waals surface area (Å²) < 4.78 is 7.95. The number of ether oxygens (including phenoxy) is 1. The van der Waals surface area contributed by atoms with Crippen LogP contribution in [0.1, 0.15) is 23.7 Å². The second-order valence-corrected chi connectivity index (χ2v) is 9.11. The molecule has 0 saturated carbocycles. The molecule has 32 heavy (non-hydrogen) atoms. The van der Waals surface area contributed by atoms with Crippen LogP contribution in [0.5, 0.6) is 5.75 Å². The molecule has 0 N–H and O–H groups in total. The number of aromatic nitrogens is 1. The average Bonchev–Trinajstić information content (AvgIpc) is 3.16. The quantitative estimate of drug-likeness (QED) is 0.398. The number of aryl methyl sites for hydroxylation is 1. The van der Waals surface area contributed by atoms with Crippen LogP contribution in [0.3, 0.4) is 0 Å². The predicted octanol–water partition coefficient (Wildman–Crippen LogP) is 5.24. The van der Waals surface area contributed by atoms with Crippen molar-refractivity contribution >= 4 is 39.9 Å². The van der Waals surface area contributed by atoms with Crippen molar-refractivity contribution in [1.82, 2.24) is 14.4 Å². The summed E-state index contributed by atoms with van der Waals surface area (Å²) in [4.78, 5) is 17.0. The molecule has 0 amide bonds. The van der Waals surface area contributed by atoms with Gasteiger partial charge in [-0.3, -0.25) is 9.69 Å². The van der Waals surface area contributed by atoms with Crippen molar-refractivity contribution in [3.8, 4) is 5.75 Å². The van der Waals surface area contributed by atoms with Gasteiger partial charge >= 0.3 is 0 Å². The van der Waals surface area contributed by atoms with E-state index in [1.54, 1.807) is 6.92 Å². The molecular formula is C25H29Cl2N3O2. The van der Waals surface area contributed by atoms with E-state index in [9.17, 15) is 4.79 Å². The van der Waals surface area contributed by atoms with E-state index < -0.39 is 0 Å². The molecule has 1 aromatic heterocycles. The maximum absolute atomic E-state index is 12.0. The molecule has 1 aliphatic heterocycles. The number of fused-ring (bicyclic) bond motifs is 1. The number of hydrogen-bond acceptors (Lipinski definition) is 4. The lowest BCUT2D eigenvalue weighted by Crippen LogP contribution is -2.47. The van der Waals surface area contributed by atoms with Crippen LogP contribution in [0, 0.1) is 0 Å². The molecule has 0 radical (unpaired) electrons. The number of halogens is 2. The topological polar surface area (TPSA) is 37.7 Å². The van der Waals surface area contributed by atoms with Crippen LogP contribution in [-0.2, 0) is 6.54 Å². The molecule has 2 aromatic carbocycles. The Morgan fingerprint density at radius 2 is 1.62 bits per heavy atom. The summed E-state index contributed by atoms with van der Waals surface area (Å²) in [6.07, 6.45) is 2.98. The standard InChI is InChI=1S/C25H29Cl2N3O2/c1-19(31)23-18-30(25-22(23)4-2-5-24(25)27)11-3-10-28-12-14-29(15-13-28)16-17-32-21-8-6-20(26)7-9-21/h2,4-9,18H,3,10-17H2,1H3. The minimum Gasteiger partial charge on any atom is -0.492 e. The molecule has 7 heteroatoms. The summed E-state index contributed by atoms with van der Waals surface area (Å²) in [5, 5.41) is 2.37. The van der Waals surface area contributed by atoms with Crippen LogP contribution >= 0.6 is 23.2 Å². The van der Waals surface area contributed by atoms with Gasteiger partial charge in [-0.25, -0.2) is 0 Å². The molecule has 0 atom stereocenters. The Hall–Kier alpha value is -2.05. The number of ketones is 1. The fourth-order valence-corrected chi connectivity index (χ4v) is 4.71. The number of carbonyl (C=O) groups excluding carboxylic acids is 1. The monoisotopic (exact) mass is 473 g/mol. The lowest BCUT2D eigenvalue weighted by molar-refractivity contribution is 0.101. The van der Waals surface area contributed by atoms with Crippen LogP contribution in [0.4, 0.5) is 0 Å². The van der Waals surface area contributed by atoms with E-state index in [2.05, 4.69) is 14.4 Å². The zero-order valence-electron chi connectivity index (χ0n) is 18.4. The Kier molecular flexibility index (Phi) is 7.74. The molecule has 1 saturated heterocycles. The van der Waals surface area contributed by atoms with Crippen LogP contribution in [-0.4, -0.2) is 66.0 Å². The van der Waals surface area contributed by atoms with E-state index >= 15 is 0 Å². The van der Waals surface area contributed by atoms with Crippen molar-refractivity contribution in [2.45, 2.75) is 19.9 Å². The maximum atomic E-state index is 12.0. The third kappa shape index (κ3) is 5.65. The molecule has 0 aliphatic carbocycles. The maximum Gasteiger partial charge on any atom is 0.161 e. The second kappa shape index (κ2) is 10.7.